The van der Waals surface area contributed by atoms with E-state index < -0.39 is 0 Å². The van der Waals surface area contributed by atoms with Gasteiger partial charge in [0, 0.05) is 27.7 Å². The van der Waals surface area contributed by atoms with Crippen LogP contribution >= 0.6 is 0 Å². The lowest BCUT2D eigenvalue weighted by atomic mass is 9.94. The van der Waals surface area contributed by atoms with Crippen LogP contribution in [0.3, 0.4) is 0 Å². The predicted octanol–water partition coefficient (Wildman–Crippen LogP) is 17.8. The van der Waals surface area contributed by atoms with E-state index in [9.17, 15) is 0 Å². The van der Waals surface area contributed by atoms with Gasteiger partial charge in [-0.2, -0.15) is 0 Å². The Morgan fingerprint density at radius 3 is 1.34 bits per heavy atom. The fraction of sp³-hybridized carbons (Fsp3) is 0. The summed E-state index contributed by atoms with van der Waals surface area (Å²) in [5.41, 5.74) is 12.1. The smallest absolute Gasteiger partial charge is 0.136 e. The van der Waals surface area contributed by atoms with E-state index in [-0.39, 0.29) is 0 Å². The van der Waals surface area contributed by atoms with Gasteiger partial charge in [0.15, 0.2) is 0 Å². The Hall–Kier alpha value is -8.46. The van der Waals surface area contributed by atoms with Crippen molar-refractivity contribution in [3.8, 4) is 33.4 Å². The zero-order valence-corrected chi connectivity index (χ0v) is 34.9. The van der Waals surface area contributed by atoms with Gasteiger partial charge in [-0.05, 0) is 130 Å². The summed E-state index contributed by atoms with van der Waals surface area (Å²) in [5, 5.41) is 14.7. The number of hydrogen-bond donors (Lipinski definition) is 0. The highest BCUT2D eigenvalue weighted by Crippen LogP contribution is 2.46. The molecular formula is C62H39NO. The summed E-state index contributed by atoms with van der Waals surface area (Å²) in [6.07, 6.45) is 0. The SMILES string of the molecule is c1ccc(N(c2ccc(-c3cccc4c3ccc3ccccc34)cc2)c2ccc(-c3cccc4c3ccc3ccccc34)cc2)c(-c2cccc3oc4cc5ccccc5cc4c23)c1. The zero-order valence-electron chi connectivity index (χ0n) is 34.9. The van der Waals surface area contributed by atoms with Crippen molar-refractivity contribution in [1.82, 2.24) is 0 Å². The van der Waals surface area contributed by atoms with Crippen molar-refractivity contribution >= 4 is 92.9 Å². The third-order valence-electron chi connectivity index (χ3n) is 13.2. The Kier molecular flexibility index (Phi) is 8.25. The first-order valence-corrected chi connectivity index (χ1v) is 22.0. The molecule has 298 valence electrons. The van der Waals surface area contributed by atoms with Crippen LogP contribution in [-0.2, 0) is 0 Å². The molecule has 0 radical (unpaired) electrons. The van der Waals surface area contributed by atoms with Crippen molar-refractivity contribution in [2.75, 3.05) is 4.90 Å². The molecule has 1 heterocycles. The number of benzene rings is 12. The molecule has 13 aromatic rings. The molecule has 2 heteroatoms. The van der Waals surface area contributed by atoms with E-state index >= 15 is 0 Å². The lowest BCUT2D eigenvalue weighted by Crippen LogP contribution is -2.11. The van der Waals surface area contributed by atoms with Crippen molar-refractivity contribution in [3.63, 3.8) is 0 Å². The van der Waals surface area contributed by atoms with Gasteiger partial charge in [0.05, 0.1) is 5.69 Å². The van der Waals surface area contributed by atoms with Crippen LogP contribution in [0.4, 0.5) is 17.1 Å². The Labute approximate surface area is 370 Å². The van der Waals surface area contributed by atoms with E-state index in [0.29, 0.717) is 0 Å². The molecule has 0 N–H and O–H groups in total. The van der Waals surface area contributed by atoms with Crippen LogP contribution in [0.2, 0.25) is 0 Å². The molecule has 12 aromatic carbocycles. The van der Waals surface area contributed by atoms with Crippen molar-refractivity contribution in [2.24, 2.45) is 0 Å². The van der Waals surface area contributed by atoms with Gasteiger partial charge in [0.1, 0.15) is 11.2 Å². The molecule has 0 bridgehead atoms. The van der Waals surface area contributed by atoms with Crippen LogP contribution in [0.5, 0.6) is 0 Å². The predicted molar refractivity (Wildman–Crippen MR) is 272 cm³/mol. The second kappa shape index (κ2) is 14.6. The van der Waals surface area contributed by atoms with Gasteiger partial charge in [-0.15, -0.1) is 0 Å². The summed E-state index contributed by atoms with van der Waals surface area (Å²) >= 11 is 0. The monoisotopic (exact) mass is 813 g/mol. The third-order valence-corrected chi connectivity index (χ3v) is 13.2. The van der Waals surface area contributed by atoms with Crippen LogP contribution in [0.25, 0.3) is 109 Å². The van der Waals surface area contributed by atoms with E-state index in [4.69, 9.17) is 4.42 Å². The molecule has 64 heavy (non-hydrogen) atoms. The molecule has 1 aromatic heterocycles. The van der Waals surface area contributed by atoms with Crippen molar-refractivity contribution in [2.45, 2.75) is 0 Å². The van der Waals surface area contributed by atoms with E-state index in [1.165, 1.54) is 76.1 Å². The standard InChI is InChI=1S/C62H39NO/c1-2-15-45-39-61-58(38-44(45)14-1)62-57(23-11-25-60(62)64-61)56-18-7-8-24-59(56)63(46-32-26-42(27-33-46)50-19-9-21-52-48-16-5-3-12-40(48)30-36-54(50)52)47-34-28-43(29-35-47)51-20-10-22-53-49-17-6-4-13-41(49)31-37-55(51)53/h1-39H. The van der Waals surface area contributed by atoms with E-state index in [0.717, 1.165) is 50.1 Å². The molecule has 0 aliphatic heterocycles. The summed E-state index contributed by atoms with van der Waals surface area (Å²) in [6, 6.07) is 86.1. The molecule has 0 spiro atoms. The quantitative estimate of drug-likeness (QED) is 0.156. The lowest BCUT2D eigenvalue weighted by Gasteiger charge is -2.28. The van der Waals surface area contributed by atoms with Crippen molar-refractivity contribution in [3.05, 3.63) is 237 Å². The number of hydrogen-bond acceptors (Lipinski definition) is 2. The minimum Gasteiger partial charge on any atom is -0.456 e. The fourth-order valence-electron chi connectivity index (χ4n) is 10.2. The summed E-state index contributed by atoms with van der Waals surface area (Å²) in [6.45, 7) is 0. The van der Waals surface area contributed by atoms with E-state index in [1.807, 2.05) is 0 Å². The summed E-state index contributed by atoms with van der Waals surface area (Å²) < 4.78 is 6.60. The van der Waals surface area contributed by atoms with Crippen LogP contribution in [0.15, 0.2) is 241 Å². The molecule has 0 atom stereocenters. The van der Waals surface area contributed by atoms with Gasteiger partial charge in [0.25, 0.3) is 0 Å². The second-order valence-electron chi connectivity index (χ2n) is 16.8. The highest BCUT2D eigenvalue weighted by Gasteiger charge is 2.21. The van der Waals surface area contributed by atoms with Crippen molar-refractivity contribution < 1.29 is 4.42 Å². The fourth-order valence-corrected chi connectivity index (χ4v) is 10.2. The normalized spacial score (nSPS) is 11.8. The summed E-state index contributed by atoms with van der Waals surface area (Å²) in [4.78, 5) is 2.41. The van der Waals surface area contributed by atoms with Gasteiger partial charge < -0.3 is 9.32 Å². The van der Waals surface area contributed by atoms with Crippen LogP contribution < -0.4 is 4.90 Å². The molecule has 0 fully saturated rings. The second-order valence-corrected chi connectivity index (χ2v) is 16.8. The molecule has 13 rings (SSSR count). The number of rotatable bonds is 6. The number of anilines is 3. The molecule has 0 saturated carbocycles. The number of fused-ring (bicyclic) bond motifs is 10. The van der Waals surface area contributed by atoms with Gasteiger partial charge >= 0.3 is 0 Å². The molecule has 2 nitrogen and oxygen atoms in total. The molecule has 0 unspecified atom stereocenters. The Bertz CT molecular complexity index is 3790. The lowest BCUT2D eigenvalue weighted by molar-refractivity contribution is 0.669. The maximum Gasteiger partial charge on any atom is 0.136 e. The minimum absolute atomic E-state index is 0.878. The summed E-state index contributed by atoms with van der Waals surface area (Å²) in [7, 11) is 0. The van der Waals surface area contributed by atoms with Gasteiger partial charge in [-0.25, -0.2) is 0 Å². The Balaban J connectivity index is 0.981. The third kappa shape index (κ3) is 5.81. The average molecular weight is 814 g/mol. The maximum atomic E-state index is 6.60. The highest BCUT2D eigenvalue weighted by molar-refractivity contribution is 6.17. The Morgan fingerprint density at radius 1 is 0.266 bits per heavy atom. The van der Waals surface area contributed by atoms with Crippen molar-refractivity contribution in [1.29, 1.82) is 0 Å². The Morgan fingerprint density at radius 2 is 0.734 bits per heavy atom. The topological polar surface area (TPSA) is 16.4 Å². The van der Waals surface area contributed by atoms with E-state index in [1.54, 1.807) is 0 Å². The molecule has 0 amide bonds. The van der Waals surface area contributed by atoms with Gasteiger partial charge in [-0.3, -0.25) is 0 Å². The molecule has 0 aliphatic carbocycles. The molecule has 0 aliphatic rings. The number of para-hydroxylation sites is 1. The maximum absolute atomic E-state index is 6.60. The van der Waals surface area contributed by atoms with E-state index in [2.05, 4.69) is 241 Å². The zero-order chi connectivity index (χ0) is 42.1. The highest BCUT2D eigenvalue weighted by atomic mass is 16.3. The van der Waals surface area contributed by atoms with Gasteiger partial charge in [-0.1, -0.05) is 188 Å². The largest absolute Gasteiger partial charge is 0.456 e. The minimum atomic E-state index is 0.878. The van der Waals surface area contributed by atoms with Gasteiger partial charge in [0.2, 0.25) is 0 Å². The van der Waals surface area contributed by atoms with Crippen LogP contribution in [-0.4, -0.2) is 0 Å². The summed E-state index contributed by atoms with van der Waals surface area (Å²) in [5.74, 6) is 0. The number of nitrogens with zero attached hydrogens (tertiary/aromatic N) is 1. The first-order chi connectivity index (χ1) is 31.7. The van der Waals surface area contributed by atoms with Crippen LogP contribution in [0.1, 0.15) is 0 Å². The number of furan rings is 1. The first-order valence-electron chi connectivity index (χ1n) is 22.0. The molecular weight excluding hydrogens is 775 g/mol. The first kappa shape index (κ1) is 36.2. The average Bonchev–Trinajstić information content (AvgIpc) is 3.73. The van der Waals surface area contributed by atoms with Crippen LogP contribution in [0, 0.1) is 0 Å². The molecule has 0 saturated heterocycles.